The number of ether oxygens (including phenoxy) is 2. The van der Waals surface area contributed by atoms with Gasteiger partial charge in [-0.2, -0.15) is 0 Å². The van der Waals surface area contributed by atoms with E-state index < -0.39 is 47.6 Å². The van der Waals surface area contributed by atoms with Crippen molar-refractivity contribution in [2.75, 3.05) is 26.1 Å². The molecule has 2 heterocycles. The number of pyridine rings is 1. The van der Waals surface area contributed by atoms with Gasteiger partial charge in [0.25, 0.3) is 0 Å². The first-order valence-electron chi connectivity index (χ1n) is 14.8. The highest BCUT2D eigenvalue weighted by Gasteiger charge is 2.59. The number of hydrogen-bond acceptors (Lipinski definition) is 7. The van der Waals surface area contributed by atoms with Crippen LogP contribution in [0.5, 0.6) is 5.75 Å². The molecule has 1 fully saturated rings. The lowest BCUT2D eigenvalue weighted by Gasteiger charge is -2.35. The topological polar surface area (TPSA) is 104 Å². The molecule has 2 aromatic rings. The average Bonchev–Trinajstić information content (AvgIpc) is 3.27. The molecule has 4 atom stereocenters. The molecular formula is C33H50N4O5. The van der Waals surface area contributed by atoms with Crippen LogP contribution < -0.4 is 15.0 Å². The summed E-state index contributed by atoms with van der Waals surface area (Å²) in [5.41, 5.74) is 2.42. The number of carboxylic acid groups (broad SMARTS) is 1. The van der Waals surface area contributed by atoms with Crippen LogP contribution in [-0.2, 0) is 21.5 Å². The third kappa shape index (κ3) is 6.83. The lowest BCUT2D eigenvalue weighted by atomic mass is 9.72. The van der Waals surface area contributed by atoms with Crippen LogP contribution in [0.2, 0.25) is 0 Å². The minimum absolute atomic E-state index is 0.0208. The van der Waals surface area contributed by atoms with Gasteiger partial charge in [0.05, 0.1) is 19.3 Å². The molecule has 0 radical (unpaired) electrons. The second-order valence-corrected chi connectivity index (χ2v) is 13.4. The van der Waals surface area contributed by atoms with Crippen molar-refractivity contribution in [2.24, 2.45) is 11.3 Å². The van der Waals surface area contributed by atoms with Gasteiger partial charge < -0.3 is 24.8 Å². The highest BCUT2D eigenvalue weighted by molar-refractivity contribution is 5.82. The number of nitrogens with one attached hydrogen (secondary N) is 1. The number of benzene rings is 1. The molecule has 0 unspecified atom stereocenters. The van der Waals surface area contributed by atoms with Crippen molar-refractivity contribution in [1.29, 1.82) is 0 Å². The van der Waals surface area contributed by atoms with Crippen molar-refractivity contribution < 1.29 is 24.2 Å². The molecule has 9 nitrogen and oxygen atoms in total. The lowest BCUT2D eigenvalue weighted by molar-refractivity contribution is -0.144. The summed E-state index contributed by atoms with van der Waals surface area (Å²) in [4.78, 5) is 34.7. The molecule has 232 valence electrons. The van der Waals surface area contributed by atoms with Gasteiger partial charge in [0, 0.05) is 49.9 Å². The maximum atomic E-state index is 13.8. The Labute approximate surface area is 251 Å². The van der Waals surface area contributed by atoms with E-state index >= 15 is 0 Å². The molecule has 0 bridgehead atoms. The summed E-state index contributed by atoms with van der Waals surface area (Å²) in [6.45, 7) is 16.6. The van der Waals surface area contributed by atoms with E-state index in [-0.39, 0.29) is 5.41 Å². The normalized spacial score (nSPS) is 21.0. The number of rotatable bonds is 10. The Morgan fingerprint density at radius 2 is 1.81 bits per heavy atom. The largest absolute Gasteiger partial charge is 0.496 e. The smallest absolute Gasteiger partial charge is 0.411 e. The van der Waals surface area contributed by atoms with Crippen LogP contribution in [0.4, 0.5) is 10.6 Å². The number of nitrogens with zero attached hydrogens (tertiary/aromatic N) is 3. The Balaban J connectivity index is 2.23. The van der Waals surface area contributed by atoms with Crippen molar-refractivity contribution in [3.05, 3.63) is 53.2 Å². The zero-order valence-corrected chi connectivity index (χ0v) is 27.2. The van der Waals surface area contributed by atoms with E-state index in [2.05, 4.69) is 43.2 Å². The molecule has 42 heavy (non-hydrogen) atoms. The number of carboxylic acids is 1. The van der Waals surface area contributed by atoms with Gasteiger partial charge >= 0.3 is 12.1 Å². The summed E-state index contributed by atoms with van der Waals surface area (Å²) in [6, 6.07) is 7.79. The molecule has 1 aliphatic heterocycles. The van der Waals surface area contributed by atoms with Crippen molar-refractivity contribution in [3.63, 3.8) is 0 Å². The Kier molecular flexibility index (Phi) is 10.2. The number of methoxy groups -OCH3 is 1. The van der Waals surface area contributed by atoms with Gasteiger partial charge in [-0.1, -0.05) is 59.7 Å². The second-order valence-electron chi connectivity index (χ2n) is 13.4. The van der Waals surface area contributed by atoms with E-state index in [1.54, 1.807) is 27.2 Å². The molecule has 2 N–H and O–H groups in total. The summed E-state index contributed by atoms with van der Waals surface area (Å²) >= 11 is 0. The molecule has 1 aromatic carbocycles. The summed E-state index contributed by atoms with van der Waals surface area (Å²) in [6.07, 6.45) is 1.61. The Hall–Kier alpha value is -3.33. The summed E-state index contributed by atoms with van der Waals surface area (Å²) in [5.74, 6) is -0.110. The van der Waals surface area contributed by atoms with E-state index in [4.69, 9.17) is 9.47 Å². The Bertz CT molecular complexity index is 1250. The van der Waals surface area contributed by atoms with Crippen LogP contribution in [0, 0.1) is 11.3 Å². The van der Waals surface area contributed by atoms with Crippen molar-refractivity contribution in [3.8, 4) is 5.75 Å². The van der Waals surface area contributed by atoms with Crippen LogP contribution in [0.3, 0.4) is 0 Å². The van der Waals surface area contributed by atoms with Gasteiger partial charge in [0.15, 0.2) is 0 Å². The van der Waals surface area contributed by atoms with E-state index in [0.29, 0.717) is 12.4 Å². The number of carbonyl (C=O) groups is 2. The van der Waals surface area contributed by atoms with Gasteiger partial charge in [-0.25, -0.2) is 14.6 Å². The number of anilines is 1. The number of carbonyl (C=O) groups excluding carboxylic acids is 1. The molecule has 3 rings (SSSR count). The number of aliphatic carboxylic acids is 1. The third-order valence-corrected chi connectivity index (χ3v) is 8.50. The van der Waals surface area contributed by atoms with Crippen molar-refractivity contribution >= 4 is 17.9 Å². The molecule has 1 amide bonds. The highest BCUT2D eigenvalue weighted by atomic mass is 16.6. The first kappa shape index (κ1) is 33.2. The van der Waals surface area contributed by atoms with Crippen LogP contribution in [0.15, 0.2) is 36.5 Å². The third-order valence-electron chi connectivity index (χ3n) is 8.50. The minimum Gasteiger partial charge on any atom is -0.496 e. The maximum Gasteiger partial charge on any atom is 0.411 e. The summed E-state index contributed by atoms with van der Waals surface area (Å²) in [7, 11) is 5.44. The number of hydrogen-bond donors (Lipinski definition) is 2. The molecular weight excluding hydrogens is 532 g/mol. The number of aromatic nitrogens is 1. The quantitative estimate of drug-likeness (QED) is 0.351. The molecule has 1 aromatic heterocycles. The summed E-state index contributed by atoms with van der Waals surface area (Å²) < 4.78 is 11.4. The van der Waals surface area contributed by atoms with Crippen molar-refractivity contribution in [2.45, 2.75) is 98.0 Å². The maximum absolute atomic E-state index is 13.8. The predicted molar refractivity (Wildman–Crippen MR) is 166 cm³/mol. The standard InChI is InChI=1S/C33H50N4O5/c1-12-33(7,8)22-15-16-24(41-11)21(18-22)19-35-26-25(32(4,5)6)28(30(38)39)37(31(40)42-20(2)3)27(26)23-14-13-17-34-29(23)36(9)10/h13-18,20,25-28,35H,12,19H2,1-11H3,(H,38,39)/t25-,26-,27-,28-/m0/s1. The fourth-order valence-electron chi connectivity index (χ4n) is 6.05. The first-order valence-corrected chi connectivity index (χ1v) is 14.8. The van der Waals surface area contributed by atoms with Gasteiger partial charge in [0.1, 0.15) is 17.6 Å². The van der Waals surface area contributed by atoms with Gasteiger partial charge in [-0.05, 0) is 48.8 Å². The molecule has 0 saturated carbocycles. The van der Waals surface area contributed by atoms with Crippen LogP contribution >= 0.6 is 0 Å². The van der Waals surface area contributed by atoms with Gasteiger partial charge in [-0.3, -0.25) is 4.90 Å². The number of likely N-dealkylation sites (tertiary alicyclic amines) is 1. The minimum atomic E-state index is -1.12. The zero-order chi connectivity index (χ0) is 31.6. The first-order chi connectivity index (χ1) is 19.5. The van der Waals surface area contributed by atoms with Gasteiger partial charge in [-0.15, -0.1) is 0 Å². The fraction of sp³-hybridized carbons (Fsp3) is 0.606. The van der Waals surface area contributed by atoms with Crippen LogP contribution in [0.25, 0.3) is 0 Å². The molecule has 1 aliphatic rings. The SMILES string of the molecule is CCC(C)(C)c1ccc(OC)c(CN[C@H]2[C@H](C(C)(C)C)[C@@H](C(=O)O)N(C(=O)OC(C)C)[C@H]2c2cccnc2N(C)C)c1. The van der Waals surface area contributed by atoms with E-state index in [9.17, 15) is 14.7 Å². The van der Waals surface area contributed by atoms with E-state index in [0.717, 1.165) is 23.3 Å². The monoisotopic (exact) mass is 582 g/mol. The van der Waals surface area contributed by atoms with Crippen LogP contribution in [0.1, 0.15) is 84.5 Å². The second kappa shape index (κ2) is 12.9. The number of amides is 1. The predicted octanol–water partition coefficient (Wildman–Crippen LogP) is 6.02. The van der Waals surface area contributed by atoms with Gasteiger partial charge in [0.2, 0.25) is 0 Å². The van der Waals surface area contributed by atoms with Crippen LogP contribution in [-0.4, -0.2) is 66.4 Å². The molecule has 1 saturated heterocycles. The highest BCUT2D eigenvalue weighted by Crippen LogP contribution is 2.50. The molecule has 0 spiro atoms. The van der Waals surface area contributed by atoms with Crippen molar-refractivity contribution in [1.82, 2.24) is 15.2 Å². The molecule has 0 aliphatic carbocycles. The zero-order valence-electron chi connectivity index (χ0n) is 27.2. The Morgan fingerprint density at radius 1 is 1.14 bits per heavy atom. The lowest BCUT2D eigenvalue weighted by Crippen LogP contribution is -2.48. The van der Waals surface area contributed by atoms with E-state index in [1.807, 2.05) is 58.0 Å². The summed E-state index contributed by atoms with van der Waals surface area (Å²) in [5, 5.41) is 14.4. The fourth-order valence-corrected chi connectivity index (χ4v) is 6.05. The Morgan fingerprint density at radius 3 is 2.33 bits per heavy atom. The van der Waals surface area contributed by atoms with E-state index in [1.165, 1.54) is 10.5 Å². The average molecular weight is 583 g/mol. The molecule has 9 heteroatoms.